The number of halogens is 1. The van der Waals surface area contributed by atoms with Crippen molar-refractivity contribution in [3.63, 3.8) is 0 Å². The summed E-state index contributed by atoms with van der Waals surface area (Å²) in [6.07, 6.45) is 2.01. The van der Waals surface area contributed by atoms with E-state index in [4.69, 9.17) is 9.47 Å². The summed E-state index contributed by atoms with van der Waals surface area (Å²) in [5, 5.41) is 4.50. The lowest BCUT2D eigenvalue weighted by Crippen LogP contribution is -2.58. The van der Waals surface area contributed by atoms with Crippen molar-refractivity contribution in [1.82, 2.24) is 25.2 Å². The molecule has 0 radical (unpaired) electrons. The molecule has 2 saturated carbocycles. The molecule has 5 atom stereocenters. The SMILES string of the molecule is C=CC1CC1(NC(=O)[C@@H]1C[C@@H](OC(=O)N2Cc3cccc(F)c3C2)CN1C(=O)C(CCC(=O)/C=C/C(C)(C)C)NC(=O)OC(C)(C)C)C(=O)NS(=O)(=O)C1CC1. The maximum atomic E-state index is 14.5. The number of allylic oxidation sites excluding steroid dienone is 2. The minimum atomic E-state index is -3.97. The Morgan fingerprint density at radius 3 is 2.36 bits per heavy atom. The molecule has 17 heteroatoms. The number of hydrogen-bond acceptors (Lipinski definition) is 10. The summed E-state index contributed by atoms with van der Waals surface area (Å²) in [6.45, 7) is 14.1. The standard InChI is InChI=1S/C39H52FN5O10S/c1-8-24-19-39(24,34(49)43-56(52,53)27-13-14-27)42-32(47)31-18-26(54-36(51)44-20-23-10-9-11-29(40)28(23)22-44)21-45(31)33(48)30(41-35(50)55-38(5,6)7)15-12-25(46)16-17-37(2,3)4/h8-11,16-17,24,26-27,30-31H,1,12-15,18-22H2,2-7H3,(H,41,50)(H,42,47)(H,43,49)/b17-16+/t24?,26-,30?,31+,39?/m1/s1. The highest BCUT2D eigenvalue weighted by atomic mass is 32.2. The van der Waals surface area contributed by atoms with Crippen molar-refractivity contribution >= 4 is 45.7 Å². The van der Waals surface area contributed by atoms with Crippen molar-refractivity contribution in [1.29, 1.82) is 0 Å². The van der Waals surface area contributed by atoms with Crippen LogP contribution >= 0.6 is 0 Å². The Morgan fingerprint density at radius 2 is 1.77 bits per heavy atom. The van der Waals surface area contributed by atoms with Crippen molar-refractivity contribution in [2.75, 3.05) is 6.54 Å². The van der Waals surface area contributed by atoms with Crippen molar-refractivity contribution in [3.8, 4) is 0 Å². The lowest BCUT2D eigenvalue weighted by atomic mass is 9.95. The molecular weight excluding hydrogens is 750 g/mol. The van der Waals surface area contributed by atoms with Gasteiger partial charge in [-0.25, -0.2) is 22.4 Å². The molecule has 3 unspecified atom stereocenters. The van der Waals surface area contributed by atoms with Crippen LogP contribution in [-0.2, 0) is 51.8 Å². The number of nitrogens with one attached hydrogen (secondary N) is 3. The molecule has 0 aromatic heterocycles. The van der Waals surface area contributed by atoms with Gasteiger partial charge in [-0.3, -0.25) is 28.8 Å². The first-order chi connectivity index (χ1) is 26.0. The number of ether oxygens (including phenoxy) is 2. The molecule has 1 aromatic carbocycles. The zero-order chi connectivity index (χ0) is 41.4. The summed E-state index contributed by atoms with van der Waals surface area (Å²) >= 11 is 0. The number of rotatable bonds is 13. The molecule has 306 valence electrons. The van der Waals surface area contributed by atoms with E-state index in [-0.39, 0.29) is 56.5 Å². The summed E-state index contributed by atoms with van der Waals surface area (Å²) < 4.78 is 53.1. The van der Waals surface area contributed by atoms with Gasteiger partial charge in [0.2, 0.25) is 21.8 Å². The van der Waals surface area contributed by atoms with E-state index in [1.165, 1.54) is 29.2 Å². The molecule has 1 saturated heterocycles. The van der Waals surface area contributed by atoms with E-state index in [0.29, 0.717) is 24.0 Å². The number of alkyl carbamates (subject to hydrolysis) is 1. The molecule has 2 aliphatic heterocycles. The number of carbonyl (C=O) groups is 6. The first-order valence-electron chi connectivity index (χ1n) is 18.8. The third-order valence-corrected chi connectivity index (χ3v) is 11.8. The maximum absolute atomic E-state index is 14.5. The third kappa shape index (κ3) is 10.3. The topological polar surface area (TPSA) is 198 Å². The average molecular weight is 802 g/mol. The molecule has 4 aliphatic rings. The number of amides is 5. The van der Waals surface area contributed by atoms with E-state index in [1.54, 1.807) is 32.9 Å². The summed E-state index contributed by atoms with van der Waals surface area (Å²) in [4.78, 5) is 83.8. The molecule has 3 fully saturated rings. The van der Waals surface area contributed by atoms with E-state index < -0.39 is 86.2 Å². The van der Waals surface area contributed by atoms with E-state index in [1.807, 2.05) is 20.8 Å². The molecule has 15 nitrogen and oxygen atoms in total. The lowest BCUT2D eigenvalue weighted by molar-refractivity contribution is -0.141. The van der Waals surface area contributed by atoms with Gasteiger partial charge in [-0.05, 0) is 69.6 Å². The van der Waals surface area contributed by atoms with E-state index in [2.05, 4.69) is 21.9 Å². The Balaban J connectivity index is 1.39. The van der Waals surface area contributed by atoms with Gasteiger partial charge in [0.1, 0.15) is 35.1 Å². The second-order valence-corrected chi connectivity index (χ2v) is 19.0. The van der Waals surface area contributed by atoms with Crippen LogP contribution in [0.4, 0.5) is 14.0 Å². The number of fused-ring (bicyclic) bond motifs is 1. The number of nitrogens with zero attached hydrogens (tertiary/aromatic N) is 2. The van der Waals surface area contributed by atoms with Crippen molar-refractivity contribution in [3.05, 3.63) is 60.0 Å². The second kappa shape index (κ2) is 16.0. The van der Waals surface area contributed by atoms with Gasteiger partial charge < -0.3 is 25.0 Å². The Morgan fingerprint density at radius 1 is 1.07 bits per heavy atom. The summed E-state index contributed by atoms with van der Waals surface area (Å²) in [5.41, 5.74) is -1.95. The minimum Gasteiger partial charge on any atom is -0.444 e. The summed E-state index contributed by atoms with van der Waals surface area (Å²) in [5.74, 6) is -3.96. The van der Waals surface area contributed by atoms with E-state index in [0.717, 1.165) is 4.90 Å². The average Bonchev–Trinajstić information content (AvgIpc) is 3.98. The largest absolute Gasteiger partial charge is 0.444 e. The summed E-state index contributed by atoms with van der Waals surface area (Å²) in [6, 6.07) is 1.77. The van der Waals surface area contributed by atoms with Crippen LogP contribution in [0.3, 0.4) is 0 Å². The van der Waals surface area contributed by atoms with Crippen molar-refractivity contribution in [2.24, 2.45) is 11.3 Å². The summed E-state index contributed by atoms with van der Waals surface area (Å²) in [7, 11) is -3.97. The second-order valence-electron chi connectivity index (χ2n) is 17.1. The number of ketones is 1. The van der Waals surface area contributed by atoms with E-state index in [9.17, 15) is 41.6 Å². The van der Waals surface area contributed by atoms with Crippen LogP contribution in [-0.4, -0.2) is 95.0 Å². The zero-order valence-corrected chi connectivity index (χ0v) is 33.5. The Hall–Kier alpha value is -4.80. The normalized spacial score (nSPS) is 23.9. The van der Waals surface area contributed by atoms with Crippen LogP contribution < -0.4 is 15.4 Å². The van der Waals surface area contributed by atoms with Gasteiger partial charge in [-0.2, -0.15) is 0 Å². The predicted octanol–water partition coefficient (Wildman–Crippen LogP) is 3.76. The monoisotopic (exact) mass is 801 g/mol. The first-order valence-corrected chi connectivity index (χ1v) is 20.3. The number of sulfonamides is 1. The fourth-order valence-electron chi connectivity index (χ4n) is 6.74. The Bertz CT molecular complexity index is 1920. The number of carbonyl (C=O) groups excluding carboxylic acids is 6. The highest BCUT2D eigenvalue weighted by molar-refractivity contribution is 7.91. The molecule has 0 bridgehead atoms. The van der Waals surface area contributed by atoms with Gasteiger partial charge >= 0.3 is 12.2 Å². The van der Waals surface area contributed by atoms with Gasteiger partial charge in [0.15, 0.2) is 5.78 Å². The van der Waals surface area contributed by atoms with Crippen LogP contribution in [0.5, 0.6) is 0 Å². The minimum absolute atomic E-state index is 0.0481. The fourth-order valence-corrected chi connectivity index (χ4v) is 8.11. The molecule has 5 amide bonds. The number of hydrogen-bond donors (Lipinski definition) is 3. The Kier molecular flexibility index (Phi) is 12.1. The van der Waals surface area contributed by atoms with Gasteiger partial charge in [0, 0.05) is 30.9 Å². The van der Waals surface area contributed by atoms with Gasteiger partial charge in [0.05, 0.1) is 18.3 Å². The maximum Gasteiger partial charge on any atom is 0.410 e. The van der Waals surface area contributed by atoms with Gasteiger partial charge in [-0.15, -0.1) is 6.58 Å². The molecule has 56 heavy (non-hydrogen) atoms. The molecule has 2 aliphatic carbocycles. The Labute approximate surface area is 326 Å². The number of likely N-dealkylation sites (tertiary alicyclic amines) is 1. The number of benzene rings is 1. The molecule has 5 rings (SSSR count). The van der Waals surface area contributed by atoms with Gasteiger partial charge in [-0.1, -0.05) is 45.1 Å². The highest BCUT2D eigenvalue weighted by Gasteiger charge is 2.62. The third-order valence-electron chi connectivity index (χ3n) is 9.99. The predicted molar refractivity (Wildman–Crippen MR) is 201 cm³/mol. The molecule has 0 spiro atoms. The lowest BCUT2D eigenvalue weighted by Gasteiger charge is -2.30. The van der Waals surface area contributed by atoms with Crippen LogP contribution in [0.2, 0.25) is 0 Å². The zero-order valence-electron chi connectivity index (χ0n) is 32.7. The quantitative estimate of drug-likeness (QED) is 0.195. The molecular formula is C39H52FN5O10S. The molecule has 3 N–H and O–H groups in total. The van der Waals surface area contributed by atoms with Crippen LogP contribution in [0, 0.1) is 17.2 Å². The molecule has 2 heterocycles. The van der Waals surface area contributed by atoms with Crippen LogP contribution in [0.15, 0.2) is 43.0 Å². The first kappa shape index (κ1) is 42.3. The highest BCUT2D eigenvalue weighted by Crippen LogP contribution is 2.45. The van der Waals surface area contributed by atoms with Crippen molar-refractivity contribution < 1.29 is 51.0 Å². The van der Waals surface area contributed by atoms with Crippen LogP contribution in [0.25, 0.3) is 0 Å². The molecule has 1 aromatic rings. The fraction of sp³-hybridized carbons (Fsp3) is 0.590. The smallest absolute Gasteiger partial charge is 0.410 e. The van der Waals surface area contributed by atoms with Crippen LogP contribution in [0.1, 0.15) is 91.2 Å². The van der Waals surface area contributed by atoms with Gasteiger partial charge in [0.25, 0.3) is 5.91 Å². The van der Waals surface area contributed by atoms with E-state index >= 15 is 0 Å². The van der Waals surface area contributed by atoms with Crippen molar-refractivity contribution in [2.45, 2.75) is 128 Å².